The molecule has 0 bridgehead atoms. The summed E-state index contributed by atoms with van der Waals surface area (Å²) in [6.45, 7) is 8.88. The van der Waals surface area contributed by atoms with Gasteiger partial charge in [0.15, 0.2) is 0 Å². The lowest BCUT2D eigenvalue weighted by Gasteiger charge is -2.09. The van der Waals surface area contributed by atoms with Gasteiger partial charge in [0.1, 0.15) is 22.9 Å². The van der Waals surface area contributed by atoms with Gasteiger partial charge in [-0.05, 0) is 84.3 Å². The van der Waals surface area contributed by atoms with Crippen molar-refractivity contribution in [1.82, 2.24) is 0 Å². The largest absolute Gasteiger partial charge is 0.506 e. The Labute approximate surface area is 224 Å². The molecule has 0 heterocycles. The predicted octanol–water partition coefficient (Wildman–Crippen LogP) is 10.3. The number of nitrogens with zero attached hydrogens (tertiary/aromatic N) is 4. The summed E-state index contributed by atoms with van der Waals surface area (Å²) in [5, 5.41) is 39.8. The molecule has 4 rings (SSSR count). The van der Waals surface area contributed by atoms with E-state index in [4.69, 9.17) is 0 Å². The molecule has 0 aliphatic rings. The number of azo groups is 2. The normalized spacial score (nSPS) is 13.5. The molecule has 0 radical (unpaired) electrons. The summed E-state index contributed by atoms with van der Waals surface area (Å²) < 4.78 is 0. The van der Waals surface area contributed by atoms with Crippen LogP contribution in [0.25, 0.3) is 10.8 Å². The number of fused-ring (bicyclic) bond motifs is 1. The summed E-state index contributed by atoms with van der Waals surface area (Å²) in [6, 6.07) is 22.5. The maximum atomic E-state index is 10.6. The second-order valence-corrected chi connectivity index (χ2v) is 10.1. The van der Waals surface area contributed by atoms with Gasteiger partial charge >= 0.3 is 0 Å². The molecular weight excluding hydrogens is 472 g/mol. The first kappa shape index (κ1) is 27.0. The van der Waals surface area contributed by atoms with E-state index in [2.05, 4.69) is 72.4 Å². The van der Waals surface area contributed by atoms with Gasteiger partial charge in [0.25, 0.3) is 0 Å². The third kappa shape index (κ3) is 6.62. The van der Waals surface area contributed by atoms with Crippen molar-refractivity contribution in [1.29, 1.82) is 0 Å². The van der Waals surface area contributed by atoms with Crippen LogP contribution in [0.1, 0.15) is 51.7 Å². The van der Waals surface area contributed by atoms with E-state index in [1.807, 2.05) is 24.3 Å². The minimum atomic E-state index is 0.000107. The van der Waals surface area contributed by atoms with E-state index >= 15 is 0 Å². The van der Waals surface area contributed by atoms with Gasteiger partial charge < -0.3 is 10.2 Å². The quantitative estimate of drug-likeness (QED) is 0.209. The molecule has 0 amide bonds. The van der Waals surface area contributed by atoms with E-state index in [1.54, 1.807) is 12.1 Å². The number of aromatic hydroxyl groups is 2. The zero-order valence-electron chi connectivity index (χ0n) is 22.6. The van der Waals surface area contributed by atoms with Crippen LogP contribution < -0.4 is 0 Å². The van der Waals surface area contributed by atoms with Crippen molar-refractivity contribution in [3.05, 3.63) is 83.9 Å². The molecule has 0 aliphatic carbocycles. The highest BCUT2D eigenvalue weighted by Crippen LogP contribution is 2.43. The molecule has 0 aliphatic heterocycles. The Hall–Kier alpha value is -4.06. The molecule has 0 aromatic heterocycles. The lowest BCUT2D eigenvalue weighted by Crippen LogP contribution is -1.96. The molecule has 38 heavy (non-hydrogen) atoms. The first-order valence-electron chi connectivity index (χ1n) is 13.4. The monoisotopic (exact) mass is 508 g/mol. The number of rotatable bonds is 10. The van der Waals surface area contributed by atoms with Crippen molar-refractivity contribution in [2.45, 2.75) is 53.4 Å². The van der Waals surface area contributed by atoms with Crippen molar-refractivity contribution in [3.63, 3.8) is 0 Å². The summed E-state index contributed by atoms with van der Waals surface area (Å²) in [6.07, 6.45) is 4.34. The average Bonchev–Trinajstić information content (AvgIpc) is 2.93. The summed E-state index contributed by atoms with van der Waals surface area (Å²) in [7, 11) is 0. The molecule has 196 valence electrons. The van der Waals surface area contributed by atoms with Crippen molar-refractivity contribution in [2.24, 2.45) is 32.3 Å². The molecule has 6 heteroatoms. The van der Waals surface area contributed by atoms with Crippen LogP contribution in [-0.2, 0) is 12.8 Å². The van der Waals surface area contributed by atoms with Gasteiger partial charge in [0.2, 0.25) is 0 Å². The highest BCUT2D eigenvalue weighted by atomic mass is 16.3. The highest BCUT2D eigenvalue weighted by molar-refractivity contribution is 6.03. The van der Waals surface area contributed by atoms with Crippen LogP contribution in [0.15, 0.2) is 93.3 Å². The number of hydrogen-bond donors (Lipinski definition) is 2. The molecule has 0 saturated heterocycles. The molecule has 0 saturated carbocycles. The fraction of sp³-hybridized carbons (Fsp3) is 0.312. The topological polar surface area (TPSA) is 89.9 Å². The fourth-order valence-corrected chi connectivity index (χ4v) is 4.27. The van der Waals surface area contributed by atoms with Crippen LogP contribution in [0.4, 0.5) is 22.7 Å². The Morgan fingerprint density at radius 2 is 0.895 bits per heavy atom. The smallest absolute Gasteiger partial charge is 0.143 e. The minimum absolute atomic E-state index is 0.000107. The van der Waals surface area contributed by atoms with E-state index in [-0.39, 0.29) is 11.5 Å². The third-order valence-electron chi connectivity index (χ3n) is 7.07. The molecule has 2 atom stereocenters. The van der Waals surface area contributed by atoms with Crippen LogP contribution in [0, 0.1) is 11.8 Å². The molecule has 6 nitrogen and oxygen atoms in total. The van der Waals surface area contributed by atoms with Gasteiger partial charge in [-0.15, -0.1) is 10.2 Å². The Morgan fingerprint density at radius 1 is 0.526 bits per heavy atom. The number of benzene rings is 4. The standard InChI is InChI=1S/C32H36N4O2/c1-5-21(3)19-23-7-11-25(12-8-23)33-35-31-27-15-18-30(38)32(28(27)16-17-29(31)37)36-34-26-13-9-24(10-14-26)20-22(4)6-2/h7-18,21-22,37-38H,5-6,19-20H2,1-4H3/b35-33+,36-34+. The van der Waals surface area contributed by atoms with Crippen LogP contribution >= 0.6 is 0 Å². The lowest BCUT2D eigenvalue weighted by atomic mass is 9.99. The second kappa shape index (κ2) is 12.5. The maximum absolute atomic E-state index is 10.6. The van der Waals surface area contributed by atoms with Crippen LogP contribution in [0.5, 0.6) is 11.5 Å². The number of phenols is 2. The highest BCUT2D eigenvalue weighted by Gasteiger charge is 2.13. The van der Waals surface area contributed by atoms with Gasteiger partial charge in [0, 0.05) is 10.8 Å². The van der Waals surface area contributed by atoms with Gasteiger partial charge in [-0.3, -0.25) is 0 Å². The maximum Gasteiger partial charge on any atom is 0.143 e. The summed E-state index contributed by atoms with van der Waals surface area (Å²) in [5.74, 6) is 1.26. The van der Waals surface area contributed by atoms with Crippen molar-refractivity contribution in [2.75, 3.05) is 0 Å². The molecule has 4 aromatic carbocycles. The van der Waals surface area contributed by atoms with E-state index in [0.717, 1.165) is 25.7 Å². The SMILES string of the molecule is CCC(C)Cc1ccc(/N=N/c2c(O)ccc3c(/N=N/c4ccc(CC(C)CC)cc4)c(O)ccc23)cc1. The predicted molar refractivity (Wildman–Crippen MR) is 155 cm³/mol. The Morgan fingerprint density at radius 3 is 1.24 bits per heavy atom. The molecule has 2 unspecified atom stereocenters. The Balaban J connectivity index is 1.60. The molecular formula is C32H36N4O2. The molecule has 4 aromatic rings. The fourth-order valence-electron chi connectivity index (χ4n) is 4.27. The number of phenolic OH excluding ortho intramolecular Hbond substituents is 2. The van der Waals surface area contributed by atoms with Crippen molar-refractivity contribution < 1.29 is 10.2 Å². The summed E-state index contributed by atoms with van der Waals surface area (Å²) in [5.41, 5.74) is 4.56. The first-order chi connectivity index (χ1) is 18.4. The first-order valence-corrected chi connectivity index (χ1v) is 13.4. The van der Waals surface area contributed by atoms with E-state index < -0.39 is 0 Å². The zero-order chi connectivity index (χ0) is 27.1. The van der Waals surface area contributed by atoms with Gasteiger partial charge in [0.05, 0.1) is 11.4 Å². The average molecular weight is 509 g/mol. The van der Waals surface area contributed by atoms with Gasteiger partial charge in [-0.1, -0.05) is 64.8 Å². The van der Waals surface area contributed by atoms with Gasteiger partial charge in [-0.2, -0.15) is 10.2 Å². The molecule has 0 fully saturated rings. The summed E-state index contributed by atoms with van der Waals surface area (Å²) in [4.78, 5) is 0. The molecule has 0 spiro atoms. The zero-order valence-corrected chi connectivity index (χ0v) is 22.6. The summed E-state index contributed by atoms with van der Waals surface area (Å²) >= 11 is 0. The van der Waals surface area contributed by atoms with E-state index in [9.17, 15) is 10.2 Å². The minimum Gasteiger partial charge on any atom is -0.506 e. The van der Waals surface area contributed by atoms with Crippen molar-refractivity contribution >= 4 is 33.5 Å². The van der Waals surface area contributed by atoms with E-state index in [0.29, 0.717) is 45.4 Å². The Kier molecular flexibility index (Phi) is 8.85. The lowest BCUT2D eigenvalue weighted by molar-refractivity contribution is 0.475. The third-order valence-corrected chi connectivity index (χ3v) is 7.07. The van der Waals surface area contributed by atoms with Crippen LogP contribution in [0.2, 0.25) is 0 Å². The van der Waals surface area contributed by atoms with Crippen LogP contribution in [-0.4, -0.2) is 10.2 Å². The van der Waals surface area contributed by atoms with Crippen molar-refractivity contribution in [3.8, 4) is 11.5 Å². The molecule has 2 N–H and O–H groups in total. The van der Waals surface area contributed by atoms with Gasteiger partial charge in [-0.25, -0.2) is 0 Å². The van der Waals surface area contributed by atoms with E-state index in [1.165, 1.54) is 23.3 Å². The van der Waals surface area contributed by atoms with Crippen LogP contribution in [0.3, 0.4) is 0 Å². The second-order valence-electron chi connectivity index (χ2n) is 10.1. The number of hydrogen-bond acceptors (Lipinski definition) is 6. The Bertz CT molecular complexity index is 1320.